The van der Waals surface area contributed by atoms with Gasteiger partial charge < -0.3 is 10.2 Å². The summed E-state index contributed by atoms with van der Waals surface area (Å²) in [5, 5.41) is 4.46. The number of nitrogens with one attached hydrogen (secondary N) is 1. The molecule has 1 unspecified atom stereocenters. The van der Waals surface area contributed by atoms with E-state index in [0.717, 1.165) is 36.5 Å². The molecule has 1 rings (SSSR count). The summed E-state index contributed by atoms with van der Waals surface area (Å²) in [4.78, 5) is 2.22. The van der Waals surface area contributed by atoms with E-state index in [0.29, 0.717) is 6.04 Å². The maximum absolute atomic E-state index is 6.22. The Morgan fingerprint density at radius 2 is 2.06 bits per heavy atom. The molecule has 1 atom stereocenters. The molecule has 0 saturated carbocycles. The predicted molar refractivity (Wildman–Crippen MR) is 80.4 cm³/mol. The SMILES string of the molecule is CCCNC(CCN(C)C)c1ccc(C)c(Cl)c1. The van der Waals surface area contributed by atoms with E-state index in [-0.39, 0.29) is 0 Å². The Kier molecular flexibility index (Phi) is 6.69. The summed E-state index contributed by atoms with van der Waals surface area (Å²) < 4.78 is 0. The summed E-state index contributed by atoms with van der Waals surface area (Å²) in [6, 6.07) is 6.78. The molecule has 1 aromatic rings. The zero-order chi connectivity index (χ0) is 13.5. The van der Waals surface area contributed by atoms with Crippen molar-refractivity contribution >= 4 is 11.6 Å². The quantitative estimate of drug-likeness (QED) is 0.812. The van der Waals surface area contributed by atoms with Crippen LogP contribution in [0.3, 0.4) is 0 Å². The van der Waals surface area contributed by atoms with Crippen LogP contribution in [0.25, 0.3) is 0 Å². The van der Waals surface area contributed by atoms with Crippen LogP contribution in [0.5, 0.6) is 0 Å². The van der Waals surface area contributed by atoms with Gasteiger partial charge in [-0.1, -0.05) is 30.7 Å². The van der Waals surface area contributed by atoms with Gasteiger partial charge in [0, 0.05) is 11.1 Å². The molecular formula is C15H25ClN2. The first-order valence-electron chi connectivity index (χ1n) is 6.68. The Morgan fingerprint density at radius 3 is 2.61 bits per heavy atom. The van der Waals surface area contributed by atoms with E-state index in [9.17, 15) is 0 Å². The highest BCUT2D eigenvalue weighted by Gasteiger charge is 2.11. The van der Waals surface area contributed by atoms with Crippen LogP contribution in [-0.2, 0) is 0 Å². The van der Waals surface area contributed by atoms with Crippen molar-refractivity contribution in [2.75, 3.05) is 27.2 Å². The van der Waals surface area contributed by atoms with Gasteiger partial charge in [-0.15, -0.1) is 0 Å². The van der Waals surface area contributed by atoms with Gasteiger partial charge in [-0.2, -0.15) is 0 Å². The van der Waals surface area contributed by atoms with E-state index in [2.05, 4.69) is 49.4 Å². The van der Waals surface area contributed by atoms with Crippen molar-refractivity contribution in [1.82, 2.24) is 10.2 Å². The summed E-state index contributed by atoms with van der Waals surface area (Å²) >= 11 is 6.22. The fraction of sp³-hybridized carbons (Fsp3) is 0.600. The predicted octanol–water partition coefficient (Wildman–Crippen LogP) is 3.64. The standard InChI is InChI=1S/C15H25ClN2/c1-5-9-17-15(8-10-18(3)4)13-7-6-12(2)14(16)11-13/h6-7,11,15,17H,5,8-10H2,1-4H3. The van der Waals surface area contributed by atoms with E-state index in [1.807, 2.05) is 6.92 Å². The van der Waals surface area contributed by atoms with Crippen molar-refractivity contribution in [2.24, 2.45) is 0 Å². The lowest BCUT2D eigenvalue weighted by Crippen LogP contribution is -2.26. The largest absolute Gasteiger partial charge is 0.310 e. The van der Waals surface area contributed by atoms with Gasteiger partial charge in [-0.3, -0.25) is 0 Å². The first-order valence-corrected chi connectivity index (χ1v) is 7.06. The Hall–Kier alpha value is -0.570. The van der Waals surface area contributed by atoms with Crippen LogP contribution in [0.1, 0.15) is 36.9 Å². The van der Waals surface area contributed by atoms with Crippen molar-refractivity contribution < 1.29 is 0 Å². The summed E-state index contributed by atoms with van der Waals surface area (Å²) in [5.41, 5.74) is 2.43. The normalized spacial score (nSPS) is 13.0. The molecule has 102 valence electrons. The molecular weight excluding hydrogens is 244 g/mol. The monoisotopic (exact) mass is 268 g/mol. The van der Waals surface area contributed by atoms with Gasteiger partial charge in [0.2, 0.25) is 0 Å². The molecule has 0 spiro atoms. The van der Waals surface area contributed by atoms with Crippen molar-refractivity contribution in [1.29, 1.82) is 0 Å². The Balaban J connectivity index is 2.76. The van der Waals surface area contributed by atoms with E-state index >= 15 is 0 Å². The first kappa shape index (κ1) is 15.5. The van der Waals surface area contributed by atoms with Gasteiger partial charge in [-0.05, 0) is 64.1 Å². The average molecular weight is 269 g/mol. The van der Waals surface area contributed by atoms with Crippen molar-refractivity contribution in [2.45, 2.75) is 32.7 Å². The van der Waals surface area contributed by atoms with Crippen molar-refractivity contribution in [3.05, 3.63) is 34.3 Å². The second kappa shape index (κ2) is 7.78. The number of halogens is 1. The lowest BCUT2D eigenvalue weighted by atomic mass is 10.0. The fourth-order valence-corrected chi connectivity index (χ4v) is 2.11. The number of hydrogen-bond acceptors (Lipinski definition) is 2. The van der Waals surface area contributed by atoms with Crippen LogP contribution in [-0.4, -0.2) is 32.1 Å². The van der Waals surface area contributed by atoms with E-state index in [1.54, 1.807) is 0 Å². The van der Waals surface area contributed by atoms with E-state index in [4.69, 9.17) is 11.6 Å². The van der Waals surface area contributed by atoms with Crippen LogP contribution in [0.4, 0.5) is 0 Å². The minimum absolute atomic E-state index is 0.394. The van der Waals surface area contributed by atoms with Crippen LogP contribution >= 0.6 is 11.6 Å². The summed E-state index contributed by atoms with van der Waals surface area (Å²) in [6.45, 7) is 6.36. The van der Waals surface area contributed by atoms with Gasteiger partial charge in [0.25, 0.3) is 0 Å². The zero-order valence-corrected chi connectivity index (χ0v) is 12.7. The van der Waals surface area contributed by atoms with Crippen LogP contribution in [0.15, 0.2) is 18.2 Å². The second-order valence-corrected chi connectivity index (χ2v) is 5.51. The van der Waals surface area contributed by atoms with Crippen molar-refractivity contribution in [3.8, 4) is 0 Å². The number of nitrogens with zero attached hydrogens (tertiary/aromatic N) is 1. The van der Waals surface area contributed by atoms with Gasteiger partial charge in [-0.25, -0.2) is 0 Å². The summed E-state index contributed by atoms with van der Waals surface area (Å²) in [7, 11) is 4.22. The second-order valence-electron chi connectivity index (χ2n) is 5.11. The third-order valence-corrected chi connectivity index (χ3v) is 3.51. The number of benzene rings is 1. The minimum Gasteiger partial charge on any atom is -0.310 e. The molecule has 0 saturated heterocycles. The maximum Gasteiger partial charge on any atom is 0.0438 e. The molecule has 2 nitrogen and oxygen atoms in total. The van der Waals surface area contributed by atoms with E-state index < -0.39 is 0 Å². The molecule has 0 aliphatic carbocycles. The highest BCUT2D eigenvalue weighted by Crippen LogP contribution is 2.23. The average Bonchev–Trinajstić information content (AvgIpc) is 2.33. The van der Waals surface area contributed by atoms with Gasteiger partial charge in [0.05, 0.1) is 0 Å². The fourth-order valence-electron chi connectivity index (χ4n) is 1.92. The van der Waals surface area contributed by atoms with Gasteiger partial charge in [0.1, 0.15) is 0 Å². The zero-order valence-electron chi connectivity index (χ0n) is 12.0. The number of rotatable bonds is 7. The highest BCUT2D eigenvalue weighted by molar-refractivity contribution is 6.31. The third kappa shape index (κ3) is 4.97. The Bertz CT molecular complexity index is 364. The minimum atomic E-state index is 0.394. The molecule has 18 heavy (non-hydrogen) atoms. The highest BCUT2D eigenvalue weighted by atomic mass is 35.5. The smallest absolute Gasteiger partial charge is 0.0438 e. The first-order chi connectivity index (χ1) is 8.54. The Morgan fingerprint density at radius 1 is 1.33 bits per heavy atom. The molecule has 0 radical (unpaired) electrons. The summed E-state index contributed by atoms with van der Waals surface area (Å²) in [6.07, 6.45) is 2.25. The van der Waals surface area contributed by atoms with E-state index in [1.165, 1.54) is 5.56 Å². The van der Waals surface area contributed by atoms with Crippen LogP contribution in [0.2, 0.25) is 5.02 Å². The Labute approximate surface area is 116 Å². The molecule has 0 aliphatic heterocycles. The molecule has 0 aliphatic rings. The van der Waals surface area contributed by atoms with Crippen LogP contribution in [0, 0.1) is 6.92 Å². The lowest BCUT2D eigenvalue weighted by molar-refractivity contribution is 0.361. The summed E-state index contributed by atoms with van der Waals surface area (Å²) in [5.74, 6) is 0. The molecule has 1 N–H and O–H groups in total. The van der Waals surface area contributed by atoms with Gasteiger partial charge >= 0.3 is 0 Å². The molecule has 1 aromatic carbocycles. The number of hydrogen-bond donors (Lipinski definition) is 1. The molecule has 0 amide bonds. The van der Waals surface area contributed by atoms with Crippen molar-refractivity contribution in [3.63, 3.8) is 0 Å². The lowest BCUT2D eigenvalue weighted by Gasteiger charge is -2.21. The molecule has 0 aromatic heterocycles. The maximum atomic E-state index is 6.22. The third-order valence-electron chi connectivity index (χ3n) is 3.10. The number of aryl methyl sites for hydroxylation is 1. The molecule has 3 heteroatoms. The molecule has 0 heterocycles. The van der Waals surface area contributed by atoms with Crippen LogP contribution < -0.4 is 5.32 Å². The molecule has 0 fully saturated rings. The molecule has 0 bridgehead atoms. The van der Waals surface area contributed by atoms with Gasteiger partial charge in [0.15, 0.2) is 0 Å². The topological polar surface area (TPSA) is 15.3 Å².